The van der Waals surface area contributed by atoms with Gasteiger partial charge in [0.1, 0.15) is 22.2 Å². The Kier molecular flexibility index (Phi) is 19.1. The first-order chi connectivity index (χ1) is 21.3. The van der Waals surface area contributed by atoms with Crippen LogP contribution in [0, 0.1) is 0 Å². The van der Waals surface area contributed by atoms with Crippen LogP contribution in [-0.4, -0.2) is 187 Å². The van der Waals surface area contributed by atoms with Gasteiger partial charge in [0.2, 0.25) is 0 Å². The zero-order valence-electron chi connectivity index (χ0n) is 33.7. The molecule has 14 heteroatoms. The molecule has 0 aromatic heterocycles. The van der Waals surface area contributed by atoms with E-state index in [0.29, 0.717) is 22.2 Å². The summed E-state index contributed by atoms with van der Waals surface area (Å²) in [5, 5.41) is 47.0. The van der Waals surface area contributed by atoms with Gasteiger partial charge >= 0.3 is 0 Å². The van der Waals surface area contributed by atoms with Crippen LogP contribution >= 0.6 is 0 Å². The summed E-state index contributed by atoms with van der Waals surface area (Å²) in [4.78, 5) is 16.7. The van der Waals surface area contributed by atoms with Gasteiger partial charge in [0.05, 0.1) is 109 Å². The van der Waals surface area contributed by atoms with E-state index in [-0.39, 0.29) is 0 Å². The Balaban J connectivity index is 0. The van der Waals surface area contributed by atoms with Crippen molar-refractivity contribution < 1.29 is 47.9 Å². The predicted molar refractivity (Wildman–Crippen MR) is 186 cm³/mol. The number of quaternary nitrogens is 4. The van der Waals surface area contributed by atoms with Gasteiger partial charge in [0.15, 0.2) is 0 Å². The van der Waals surface area contributed by atoms with Crippen molar-refractivity contribution >= 4 is 12.3 Å². The minimum Gasteiger partial charge on any atom is -0.652 e. The van der Waals surface area contributed by atoms with E-state index in [1.807, 2.05) is 0 Å². The Labute approximate surface area is 293 Å². The maximum atomic E-state index is 8.33. The van der Waals surface area contributed by atoms with Crippen LogP contribution in [0.3, 0.4) is 0 Å². The second kappa shape index (κ2) is 19.0. The van der Waals surface area contributed by atoms with Gasteiger partial charge in [0, 0.05) is 26.2 Å². The van der Waals surface area contributed by atoms with Crippen molar-refractivity contribution in [3.8, 4) is 0 Å². The quantitative estimate of drug-likeness (QED) is 0.190. The first-order valence-corrected chi connectivity index (χ1v) is 17.2. The maximum absolute atomic E-state index is 8.33. The van der Waals surface area contributed by atoms with Crippen LogP contribution in [0.15, 0.2) is 0 Å². The van der Waals surface area contributed by atoms with E-state index in [1.165, 1.54) is 26.2 Å². The minimum absolute atomic E-state index is 0.401. The zero-order valence-corrected chi connectivity index (χ0v) is 33.7. The first kappa shape index (κ1) is 48.3. The highest BCUT2D eigenvalue weighted by atomic mass is 16.6. The number of piperazine rings is 4. The van der Waals surface area contributed by atoms with Gasteiger partial charge in [-0.2, -0.15) is 0 Å². The number of carbonyl (C=O) groups excluding carboxylic acids is 2. The van der Waals surface area contributed by atoms with E-state index >= 15 is 0 Å². The number of carboxylic acid groups (broad SMARTS) is 4. The molecule has 14 nitrogen and oxygen atoms in total. The fourth-order valence-electron chi connectivity index (χ4n) is 5.08. The van der Waals surface area contributed by atoms with E-state index in [9.17, 15) is 0 Å². The van der Waals surface area contributed by atoms with Gasteiger partial charge in [-0.3, -0.25) is 0 Å². The molecular weight excluding hydrogens is 616 g/mol. The molecule has 0 atom stereocenters. The number of rotatable bonds is 0. The van der Waals surface area contributed by atoms with Gasteiger partial charge in [-0.05, 0) is 67.7 Å². The SMILES string of the molecule is CC1(C)CNCC[N+]1(C)C.CC1(C)CNCC[N+]1(C)C.CC1(C)CNCC[N+]1(C)C.CC1(C)CNCC[N+]1(C)C.O=C([O-])[O-].O=C([O-])[O-]. The summed E-state index contributed by atoms with van der Waals surface area (Å²) in [5.74, 6) is 0. The molecule has 0 bridgehead atoms. The highest BCUT2D eigenvalue weighted by Crippen LogP contribution is 2.23. The summed E-state index contributed by atoms with van der Waals surface area (Å²) in [6.45, 7) is 32.7. The third-order valence-corrected chi connectivity index (χ3v) is 12.2. The fourth-order valence-corrected chi connectivity index (χ4v) is 5.08. The summed E-state index contributed by atoms with van der Waals surface area (Å²) in [6.07, 6.45) is -4.67. The van der Waals surface area contributed by atoms with Crippen molar-refractivity contribution in [2.45, 2.75) is 77.5 Å². The lowest BCUT2D eigenvalue weighted by molar-refractivity contribution is -0.939. The van der Waals surface area contributed by atoms with E-state index in [4.69, 9.17) is 30.0 Å². The van der Waals surface area contributed by atoms with Crippen LogP contribution < -0.4 is 41.7 Å². The molecule has 4 fully saturated rings. The van der Waals surface area contributed by atoms with E-state index in [0.717, 1.165) is 70.3 Å². The third kappa shape index (κ3) is 16.8. The second-order valence-corrected chi connectivity index (χ2v) is 18.1. The average molecular weight is 693 g/mol. The molecule has 4 saturated heterocycles. The van der Waals surface area contributed by atoms with Crippen LogP contribution in [0.5, 0.6) is 0 Å². The lowest BCUT2D eigenvalue weighted by Crippen LogP contribution is -2.66. The summed E-state index contributed by atoms with van der Waals surface area (Å²) >= 11 is 0. The lowest BCUT2D eigenvalue weighted by atomic mass is 9.98. The largest absolute Gasteiger partial charge is 0.652 e. The molecule has 0 radical (unpaired) electrons. The Morgan fingerprint density at radius 3 is 0.583 bits per heavy atom. The normalized spacial score (nSPS) is 26.0. The number of hydrogen-bond acceptors (Lipinski definition) is 10. The van der Waals surface area contributed by atoms with E-state index in [2.05, 4.69) is 133 Å². The summed E-state index contributed by atoms with van der Waals surface area (Å²) in [6, 6.07) is 0. The second-order valence-electron chi connectivity index (χ2n) is 18.1. The van der Waals surface area contributed by atoms with Crippen molar-refractivity contribution in [1.29, 1.82) is 0 Å². The Morgan fingerprint density at radius 2 is 0.521 bits per heavy atom. The lowest BCUT2D eigenvalue weighted by Gasteiger charge is -2.48. The number of likely N-dealkylation sites (N-methyl/N-ethyl adjacent to an activating group) is 4. The first-order valence-electron chi connectivity index (χ1n) is 17.2. The summed E-state index contributed by atoms with van der Waals surface area (Å²) in [5.41, 5.74) is 1.60. The molecule has 0 aliphatic carbocycles. The molecular formula is C34H76N8O6. The van der Waals surface area contributed by atoms with Crippen molar-refractivity contribution in [2.24, 2.45) is 0 Å². The Bertz CT molecular complexity index is 753. The molecule has 288 valence electrons. The molecule has 0 saturated carbocycles. The van der Waals surface area contributed by atoms with Crippen LogP contribution in [0.25, 0.3) is 0 Å². The molecule has 4 heterocycles. The molecule has 0 spiro atoms. The van der Waals surface area contributed by atoms with Crippen LogP contribution in [0.1, 0.15) is 55.4 Å². The molecule has 0 aromatic rings. The number of carbonyl (C=O) groups is 2. The average Bonchev–Trinajstić information content (AvgIpc) is 2.87. The maximum Gasteiger partial charge on any atom is 0.106 e. The van der Waals surface area contributed by atoms with Crippen molar-refractivity contribution in [3.05, 3.63) is 0 Å². The monoisotopic (exact) mass is 693 g/mol. The van der Waals surface area contributed by atoms with E-state index < -0.39 is 12.3 Å². The fraction of sp³-hybridized carbons (Fsp3) is 0.941. The molecule has 0 unspecified atom stereocenters. The number of nitrogens with zero attached hydrogens (tertiary/aromatic N) is 4. The standard InChI is InChI=1S/4C8H19N2.2CH2O3/c4*1-8(2)7-9-5-6-10(8,3)4;2*2-1(3)4/h4*9H,5-7H2,1-4H3;2*(H2,2,3,4)/q4*+1;;/p-4. The van der Waals surface area contributed by atoms with Gasteiger partial charge in [0.25, 0.3) is 0 Å². The Hall–Kier alpha value is -1.78. The molecule has 4 N–H and O–H groups in total. The minimum atomic E-state index is -2.33. The Morgan fingerprint density at radius 1 is 0.396 bits per heavy atom. The highest BCUT2D eigenvalue weighted by Gasteiger charge is 2.41. The summed E-state index contributed by atoms with van der Waals surface area (Å²) in [7, 11) is 18.5. The van der Waals surface area contributed by atoms with Crippen LogP contribution in [0.2, 0.25) is 0 Å². The van der Waals surface area contributed by atoms with Crippen molar-refractivity contribution in [2.75, 3.05) is 135 Å². The topological polar surface area (TPSA) is 174 Å². The van der Waals surface area contributed by atoms with E-state index in [1.54, 1.807) is 0 Å². The molecule has 4 aliphatic heterocycles. The van der Waals surface area contributed by atoms with Gasteiger partial charge < -0.3 is 69.2 Å². The molecule has 48 heavy (non-hydrogen) atoms. The van der Waals surface area contributed by atoms with Gasteiger partial charge in [-0.15, -0.1) is 0 Å². The summed E-state index contributed by atoms with van der Waals surface area (Å²) < 4.78 is 4.56. The van der Waals surface area contributed by atoms with Gasteiger partial charge in [-0.25, -0.2) is 0 Å². The molecule has 4 aliphatic rings. The predicted octanol–water partition coefficient (Wildman–Crippen LogP) is -3.12. The highest BCUT2D eigenvalue weighted by molar-refractivity contribution is 5.47. The van der Waals surface area contributed by atoms with Crippen LogP contribution in [0.4, 0.5) is 9.59 Å². The smallest absolute Gasteiger partial charge is 0.106 e. The van der Waals surface area contributed by atoms with Gasteiger partial charge in [-0.1, -0.05) is 0 Å². The molecule has 4 rings (SSSR count). The van der Waals surface area contributed by atoms with Crippen LogP contribution in [-0.2, 0) is 0 Å². The third-order valence-electron chi connectivity index (χ3n) is 12.2. The molecule has 0 amide bonds. The van der Waals surface area contributed by atoms with Crippen molar-refractivity contribution in [3.63, 3.8) is 0 Å². The van der Waals surface area contributed by atoms with Crippen molar-refractivity contribution in [1.82, 2.24) is 21.3 Å². The number of hydrogen-bond donors (Lipinski definition) is 4. The number of nitrogens with one attached hydrogen (secondary N) is 4. The zero-order chi connectivity index (χ0) is 38.5. The molecule has 0 aromatic carbocycles.